The summed E-state index contributed by atoms with van der Waals surface area (Å²) in [5, 5.41) is 12.0. The van der Waals surface area contributed by atoms with Crippen molar-refractivity contribution < 1.29 is 13.2 Å². The fraction of sp³-hybridized carbons (Fsp3) is 0.357. The molecule has 2 N–H and O–H groups in total. The number of carbonyl (C=O) groups excluding carboxylic acids is 1. The summed E-state index contributed by atoms with van der Waals surface area (Å²) in [4.78, 5) is 12.3. The lowest BCUT2D eigenvalue weighted by molar-refractivity contribution is 0.102. The van der Waals surface area contributed by atoms with Crippen molar-refractivity contribution in [1.29, 1.82) is 0 Å². The zero-order valence-corrected chi connectivity index (χ0v) is 15.7. The van der Waals surface area contributed by atoms with E-state index in [-0.39, 0.29) is 16.3 Å². The van der Waals surface area contributed by atoms with Gasteiger partial charge in [0, 0.05) is 12.0 Å². The summed E-state index contributed by atoms with van der Waals surface area (Å²) in [7, 11) is -3.50. The molecule has 1 aromatic heterocycles. The van der Waals surface area contributed by atoms with E-state index in [0.717, 1.165) is 17.7 Å². The van der Waals surface area contributed by atoms with E-state index in [0.29, 0.717) is 11.0 Å². The topological polar surface area (TPSA) is 101 Å². The summed E-state index contributed by atoms with van der Waals surface area (Å²) < 4.78 is 24.9. The molecule has 7 nitrogen and oxygen atoms in total. The van der Waals surface area contributed by atoms with Crippen LogP contribution in [0.25, 0.3) is 0 Å². The molecule has 130 valence electrons. The third-order valence-corrected chi connectivity index (χ3v) is 4.58. The van der Waals surface area contributed by atoms with Crippen molar-refractivity contribution >= 4 is 49.7 Å². The molecule has 0 saturated heterocycles. The highest BCUT2D eigenvalue weighted by Gasteiger charge is 2.14. The summed E-state index contributed by atoms with van der Waals surface area (Å²) >= 11 is 7.25. The maximum absolute atomic E-state index is 12.3. The van der Waals surface area contributed by atoms with Crippen molar-refractivity contribution in [3.8, 4) is 0 Å². The van der Waals surface area contributed by atoms with Crippen LogP contribution in [0.1, 0.15) is 29.2 Å². The highest BCUT2D eigenvalue weighted by molar-refractivity contribution is 7.92. The molecule has 1 heterocycles. The lowest BCUT2D eigenvalue weighted by Gasteiger charge is -2.08. The zero-order valence-electron chi connectivity index (χ0n) is 13.3. The van der Waals surface area contributed by atoms with Gasteiger partial charge >= 0.3 is 0 Å². The van der Waals surface area contributed by atoms with E-state index < -0.39 is 15.9 Å². The van der Waals surface area contributed by atoms with Gasteiger partial charge in [0.15, 0.2) is 0 Å². The van der Waals surface area contributed by atoms with E-state index in [1.54, 1.807) is 0 Å². The van der Waals surface area contributed by atoms with Crippen LogP contribution < -0.4 is 10.0 Å². The van der Waals surface area contributed by atoms with Gasteiger partial charge < -0.3 is 0 Å². The summed E-state index contributed by atoms with van der Waals surface area (Å²) in [5.74, 6) is 0.0258. The molecular formula is C14H17ClN4O3S2. The van der Waals surface area contributed by atoms with Crippen molar-refractivity contribution in [2.24, 2.45) is 5.92 Å². The third-order valence-electron chi connectivity index (χ3n) is 2.79. The van der Waals surface area contributed by atoms with Gasteiger partial charge in [-0.15, -0.1) is 10.2 Å². The van der Waals surface area contributed by atoms with Gasteiger partial charge in [0.05, 0.1) is 17.0 Å². The Balaban J connectivity index is 2.15. The molecule has 0 atom stereocenters. The Morgan fingerprint density at radius 2 is 2.04 bits per heavy atom. The highest BCUT2D eigenvalue weighted by Crippen LogP contribution is 2.25. The number of nitrogens with one attached hydrogen (secondary N) is 2. The minimum atomic E-state index is -3.50. The number of halogens is 1. The van der Waals surface area contributed by atoms with Gasteiger partial charge in [0.25, 0.3) is 5.91 Å². The minimum Gasteiger partial charge on any atom is -0.296 e. The molecule has 0 spiro atoms. The summed E-state index contributed by atoms with van der Waals surface area (Å²) in [6.45, 7) is 4.15. The Labute approximate surface area is 149 Å². The summed E-state index contributed by atoms with van der Waals surface area (Å²) in [6.07, 6.45) is 1.80. The average molecular weight is 389 g/mol. The van der Waals surface area contributed by atoms with E-state index in [1.165, 1.54) is 29.5 Å². The second kappa shape index (κ2) is 7.45. The Kier molecular flexibility index (Phi) is 5.79. The van der Waals surface area contributed by atoms with E-state index >= 15 is 0 Å². The molecule has 0 saturated carbocycles. The molecule has 0 fully saturated rings. The van der Waals surface area contributed by atoms with Crippen LogP contribution in [0.2, 0.25) is 5.02 Å². The zero-order chi connectivity index (χ0) is 17.9. The number of aromatic nitrogens is 2. The van der Waals surface area contributed by atoms with Gasteiger partial charge in [-0.2, -0.15) is 0 Å². The summed E-state index contributed by atoms with van der Waals surface area (Å²) in [5.41, 5.74) is 0.399. The van der Waals surface area contributed by atoms with Gasteiger partial charge in [0.1, 0.15) is 5.01 Å². The van der Waals surface area contributed by atoms with Crippen molar-refractivity contribution in [3.05, 3.63) is 33.8 Å². The van der Waals surface area contributed by atoms with Crippen molar-refractivity contribution in [1.82, 2.24) is 10.2 Å². The average Bonchev–Trinajstić information content (AvgIpc) is 2.86. The maximum Gasteiger partial charge on any atom is 0.257 e. The van der Waals surface area contributed by atoms with Gasteiger partial charge in [-0.05, 0) is 24.1 Å². The Hall–Kier alpha value is -1.71. The molecule has 2 rings (SSSR count). The van der Waals surface area contributed by atoms with Crippen molar-refractivity contribution in [2.75, 3.05) is 16.3 Å². The lowest BCUT2D eigenvalue weighted by Crippen LogP contribution is -2.14. The molecule has 0 unspecified atom stereocenters. The van der Waals surface area contributed by atoms with Crippen molar-refractivity contribution in [3.63, 3.8) is 0 Å². The fourth-order valence-corrected chi connectivity index (χ4v) is 3.59. The van der Waals surface area contributed by atoms with Crippen LogP contribution in [0, 0.1) is 5.92 Å². The molecule has 1 aromatic carbocycles. The Bertz CT molecular complexity index is 849. The van der Waals surface area contributed by atoms with Crippen LogP contribution in [-0.2, 0) is 16.4 Å². The molecule has 0 aliphatic heterocycles. The predicted octanol–water partition coefficient (Wildman–Crippen LogP) is 3.01. The molecular weight excluding hydrogens is 372 g/mol. The molecule has 0 aliphatic carbocycles. The van der Waals surface area contributed by atoms with Gasteiger partial charge in [0.2, 0.25) is 15.2 Å². The number of hydrogen-bond acceptors (Lipinski definition) is 6. The maximum atomic E-state index is 12.3. The number of hydrogen-bond donors (Lipinski definition) is 2. The standard InChI is InChI=1S/C14H17ClN4O3S2/c1-8(2)6-12-17-18-14(23-12)16-13(20)9-4-5-10(15)11(7-9)19-24(3,21)22/h4-5,7-8,19H,6H2,1-3H3,(H,16,18,20). The number of benzene rings is 1. The first kappa shape index (κ1) is 18.6. The van der Waals surface area contributed by atoms with Gasteiger partial charge in [-0.25, -0.2) is 8.42 Å². The molecule has 0 aliphatic rings. The first-order chi connectivity index (χ1) is 11.1. The van der Waals surface area contributed by atoms with Crippen LogP contribution in [0.15, 0.2) is 18.2 Å². The van der Waals surface area contributed by atoms with Crippen molar-refractivity contribution in [2.45, 2.75) is 20.3 Å². The van der Waals surface area contributed by atoms with Gasteiger partial charge in [-0.1, -0.05) is 36.8 Å². The minimum absolute atomic E-state index is 0.143. The Morgan fingerprint density at radius 3 is 2.67 bits per heavy atom. The van der Waals surface area contributed by atoms with Crippen LogP contribution in [0.4, 0.5) is 10.8 Å². The smallest absolute Gasteiger partial charge is 0.257 e. The van der Waals surface area contributed by atoms with E-state index in [9.17, 15) is 13.2 Å². The lowest BCUT2D eigenvalue weighted by atomic mass is 10.1. The highest BCUT2D eigenvalue weighted by atomic mass is 35.5. The van der Waals surface area contributed by atoms with Gasteiger partial charge in [-0.3, -0.25) is 14.8 Å². The van der Waals surface area contributed by atoms with Crippen LogP contribution >= 0.6 is 22.9 Å². The number of sulfonamides is 1. The number of nitrogens with zero attached hydrogens (tertiary/aromatic N) is 2. The van der Waals surface area contributed by atoms with E-state index in [4.69, 9.17) is 11.6 Å². The number of rotatable bonds is 6. The van der Waals surface area contributed by atoms with E-state index in [2.05, 4.69) is 34.1 Å². The SMILES string of the molecule is CC(C)Cc1nnc(NC(=O)c2ccc(Cl)c(NS(C)(=O)=O)c2)s1. The molecule has 1 amide bonds. The first-order valence-corrected chi connectivity index (χ1v) is 10.1. The third kappa shape index (κ3) is 5.43. The predicted molar refractivity (Wildman–Crippen MR) is 96.3 cm³/mol. The monoisotopic (exact) mass is 388 g/mol. The molecule has 24 heavy (non-hydrogen) atoms. The molecule has 0 radical (unpaired) electrons. The molecule has 0 bridgehead atoms. The fourth-order valence-electron chi connectivity index (χ4n) is 1.85. The van der Waals surface area contributed by atoms with Crippen LogP contribution in [-0.4, -0.2) is 30.8 Å². The Morgan fingerprint density at radius 1 is 1.33 bits per heavy atom. The normalized spacial score (nSPS) is 11.5. The van der Waals surface area contributed by atoms with Crippen LogP contribution in [0.3, 0.4) is 0 Å². The summed E-state index contributed by atoms with van der Waals surface area (Å²) in [6, 6.07) is 4.32. The second-order valence-electron chi connectivity index (χ2n) is 5.62. The number of carbonyl (C=O) groups is 1. The van der Waals surface area contributed by atoms with E-state index in [1.807, 2.05) is 0 Å². The molecule has 2 aromatic rings. The largest absolute Gasteiger partial charge is 0.296 e. The van der Waals surface area contributed by atoms with Crippen LogP contribution in [0.5, 0.6) is 0 Å². The molecule has 10 heteroatoms. The first-order valence-electron chi connectivity index (χ1n) is 7.05. The second-order valence-corrected chi connectivity index (χ2v) is 8.84. The number of amides is 1. The number of anilines is 2. The quantitative estimate of drug-likeness (QED) is 0.792.